The third-order valence-electron chi connectivity index (χ3n) is 7.63. The summed E-state index contributed by atoms with van der Waals surface area (Å²) in [5, 5.41) is 1.04. The smallest absolute Gasteiger partial charge is 0.266 e. The number of aryl methyl sites for hydroxylation is 1. The second-order valence-corrected chi connectivity index (χ2v) is 10.6. The van der Waals surface area contributed by atoms with Gasteiger partial charge in [-0.2, -0.15) is 0 Å². The summed E-state index contributed by atoms with van der Waals surface area (Å²) in [5.41, 5.74) is 2.38. The molecule has 0 radical (unpaired) electrons. The van der Waals surface area contributed by atoms with Gasteiger partial charge in [0.05, 0.1) is 10.7 Å². The van der Waals surface area contributed by atoms with E-state index in [1.807, 2.05) is 13.0 Å². The summed E-state index contributed by atoms with van der Waals surface area (Å²) in [4.78, 5) is 24.3. The van der Waals surface area contributed by atoms with Crippen LogP contribution in [0.1, 0.15) is 65.0 Å². The standard InChI is InChI=1S/C24H31N3OS/c1-16-22(29-21(25-16)13-17-9-5-4-6-10-17)23(28)27-18-14-24(2)19(26(3)15-18)11-7-8-12-20(24)27/h4-6,9-10,18-20H,7-8,11-15H2,1-3H3/t18-,19+,20-,24+/m0/s1. The van der Waals surface area contributed by atoms with Gasteiger partial charge in [0.1, 0.15) is 4.88 Å². The predicted octanol–water partition coefficient (Wildman–Crippen LogP) is 4.52. The first-order valence-electron chi connectivity index (χ1n) is 11.0. The van der Waals surface area contributed by atoms with E-state index in [1.165, 1.54) is 24.8 Å². The van der Waals surface area contributed by atoms with E-state index in [0.29, 0.717) is 18.1 Å². The Bertz CT molecular complexity index is 910. The third-order valence-corrected chi connectivity index (χ3v) is 8.78. The van der Waals surface area contributed by atoms with Gasteiger partial charge in [-0.15, -0.1) is 11.3 Å². The fourth-order valence-electron chi connectivity index (χ4n) is 6.40. The van der Waals surface area contributed by atoms with Crippen molar-refractivity contribution >= 4 is 17.2 Å². The van der Waals surface area contributed by atoms with Gasteiger partial charge in [-0.3, -0.25) is 4.79 Å². The molecule has 4 nitrogen and oxygen atoms in total. The summed E-state index contributed by atoms with van der Waals surface area (Å²) in [7, 11) is 2.27. The van der Waals surface area contributed by atoms with Crippen molar-refractivity contribution in [2.45, 2.75) is 70.5 Å². The van der Waals surface area contributed by atoms with Gasteiger partial charge >= 0.3 is 0 Å². The summed E-state index contributed by atoms with van der Waals surface area (Å²) in [6, 6.07) is 11.7. The zero-order valence-corrected chi connectivity index (χ0v) is 18.5. The van der Waals surface area contributed by atoms with Crippen molar-refractivity contribution in [1.82, 2.24) is 14.8 Å². The Labute approximate surface area is 177 Å². The lowest BCUT2D eigenvalue weighted by atomic mass is 9.71. The molecular formula is C24H31N3OS. The topological polar surface area (TPSA) is 36.4 Å². The SMILES string of the molecule is Cc1nc(Cc2ccccc2)sc1C(=O)N1[C@@H]2CN(C)[C@@H]3CCCC[C@H]1[C@]3(C)C2. The average molecular weight is 410 g/mol. The molecule has 2 saturated heterocycles. The van der Waals surface area contributed by atoms with Crippen LogP contribution in [-0.4, -0.2) is 52.4 Å². The molecule has 1 aromatic carbocycles. The van der Waals surface area contributed by atoms with E-state index in [1.54, 1.807) is 11.3 Å². The maximum absolute atomic E-state index is 13.8. The summed E-state index contributed by atoms with van der Waals surface area (Å²) < 4.78 is 0. The molecule has 5 heteroatoms. The molecule has 2 bridgehead atoms. The van der Waals surface area contributed by atoms with E-state index in [2.05, 4.69) is 48.0 Å². The first-order valence-corrected chi connectivity index (χ1v) is 11.8. The van der Waals surface area contributed by atoms with Crippen molar-refractivity contribution in [2.24, 2.45) is 5.41 Å². The van der Waals surface area contributed by atoms with Crippen LogP contribution in [-0.2, 0) is 6.42 Å². The fraction of sp³-hybridized carbons (Fsp3) is 0.583. The van der Waals surface area contributed by atoms with Crippen molar-refractivity contribution < 1.29 is 4.79 Å². The molecule has 1 amide bonds. The van der Waals surface area contributed by atoms with E-state index in [0.717, 1.165) is 41.4 Å². The Morgan fingerprint density at radius 3 is 2.69 bits per heavy atom. The summed E-state index contributed by atoms with van der Waals surface area (Å²) >= 11 is 1.60. The Morgan fingerprint density at radius 2 is 1.93 bits per heavy atom. The molecule has 1 aliphatic carbocycles. The van der Waals surface area contributed by atoms with Crippen LogP contribution in [0.4, 0.5) is 0 Å². The van der Waals surface area contributed by atoms with Gasteiger partial charge in [-0.1, -0.05) is 50.1 Å². The lowest BCUT2D eigenvalue weighted by Crippen LogP contribution is -2.51. The van der Waals surface area contributed by atoms with E-state index in [9.17, 15) is 4.79 Å². The number of benzene rings is 1. The number of fused-ring (bicyclic) bond motifs is 1. The number of amides is 1. The minimum atomic E-state index is 0.231. The first-order chi connectivity index (χ1) is 14.0. The number of rotatable bonds is 3. The average Bonchev–Trinajstić information content (AvgIpc) is 3.10. The maximum Gasteiger partial charge on any atom is 0.266 e. The normalized spacial score (nSPS) is 31.7. The molecule has 1 saturated carbocycles. The summed E-state index contributed by atoms with van der Waals surface area (Å²) in [5.74, 6) is 0.231. The van der Waals surface area contributed by atoms with Gasteiger partial charge in [0.25, 0.3) is 5.91 Å². The zero-order valence-electron chi connectivity index (χ0n) is 17.7. The van der Waals surface area contributed by atoms with Crippen molar-refractivity contribution in [1.29, 1.82) is 0 Å². The second-order valence-electron chi connectivity index (χ2n) is 9.52. The Morgan fingerprint density at radius 1 is 1.21 bits per heavy atom. The molecule has 0 spiro atoms. The monoisotopic (exact) mass is 409 g/mol. The van der Waals surface area contributed by atoms with Crippen LogP contribution in [0.3, 0.4) is 0 Å². The van der Waals surface area contributed by atoms with Gasteiger partial charge < -0.3 is 9.80 Å². The minimum Gasteiger partial charge on any atom is -0.330 e. The molecule has 5 rings (SSSR count). The van der Waals surface area contributed by atoms with Crippen LogP contribution in [0.2, 0.25) is 0 Å². The molecule has 2 aromatic rings. The molecule has 3 fully saturated rings. The Kier molecular flexibility index (Phi) is 4.78. The number of nitrogens with zero attached hydrogens (tertiary/aromatic N) is 3. The molecule has 1 aromatic heterocycles. The van der Waals surface area contributed by atoms with Gasteiger partial charge in [-0.05, 0) is 38.8 Å². The molecule has 0 N–H and O–H groups in total. The zero-order chi connectivity index (χ0) is 20.2. The summed E-state index contributed by atoms with van der Waals surface area (Å²) in [6.45, 7) is 5.46. The largest absolute Gasteiger partial charge is 0.330 e. The number of carbonyl (C=O) groups is 1. The number of hydrogen-bond acceptors (Lipinski definition) is 4. The highest BCUT2D eigenvalue weighted by molar-refractivity contribution is 7.13. The van der Waals surface area contributed by atoms with Crippen LogP contribution >= 0.6 is 11.3 Å². The Hall–Kier alpha value is -1.72. The van der Waals surface area contributed by atoms with Crippen LogP contribution in [0, 0.1) is 12.3 Å². The van der Waals surface area contributed by atoms with Crippen molar-refractivity contribution in [3.63, 3.8) is 0 Å². The van der Waals surface area contributed by atoms with Crippen LogP contribution < -0.4 is 0 Å². The molecule has 154 valence electrons. The summed E-state index contributed by atoms with van der Waals surface area (Å²) in [6.07, 6.45) is 6.91. The van der Waals surface area contributed by atoms with Gasteiger partial charge in [0.15, 0.2) is 0 Å². The van der Waals surface area contributed by atoms with E-state index < -0.39 is 0 Å². The molecule has 2 aliphatic heterocycles. The molecule has 3 aliphatic rings. The van der Waals surface area contributed by atoms with Gasteiger partial charge in [0.2, 0.25) is 0 Å². The van der Waals surface area contributed by atoms with Crippen molar-refractivity contribution in [3.8, 4) is 0 Å². The van der Waals surface area contributed by atoms with E-state index >= 15 is 0 Å². The molecular weight excluding hydrogens is 378 g/mol. The van der Waals surface area contributed by atoms with Gasteiger partial charge in [0, 0.05) is 36.5 Å². The van der Waals surface area contributed by atoms with E-state index in [-0.39, 0.29) is 11.3 Å². The molecule has 3 heterocycles. The molecule has 0 unspecified atom stereocenters. The second kappa shape index (κ2) is 7.21. The van der Waals surface area contributed by atoms with Crippen molar-refractivity contribution in [3.05, 3.63) is 51.5 Å². The lowest BCUT2D eigenvalue weighted by molar-refractivity contribution is 0.0578. The van der Waals surface area contributed by atoms with E-state index in [4.69, 9.17) is 4.98 Å². The number of aromatic nitrogens is 1. The highest BCUT2D eigenvalue weighted by atomic mass is 32.1. The highest BCUT2D eigenvalue weighted by Crippen LogP contribution is 2.53. The Balaban J connectivity index is 1.45. The lowest BCUT2D eigenvalue weighted by Gasteiger charge is -2.44. The quantitative estimate of drug-likeness (QED) is 0.748. The number of likely N-dealkylation sites (tertiary alicyclic amines) is 2. The number of carbonyl (C=O) groups excluding carboxylic acids is 1. The highest BCUT2D eigenvalue weighted by Gasteiger charge is 2.59. The van der Waals surface area contributed by atoms with Crippen LogP contribution in [0.15, 0.2) is 30.3 Å². The number of piperidine rings is 1. The number of likely N-dealkylation sites (N-methyl/N-ethyl adjacent to an activating group) is 1. The number of thiazole rings is 1. The van der Waals surface area contributed by atoms with Gasteiger partial charge in [-0.25, -0.2) is 4.98 Å². The first kappa shape index (κ1) is 19.3. The maximum atomic E-state index is 13.8. The van der Waals surface area contributed by atoms with Crippen LogP contribution in [0.5, 0.6) is 0 Å². The third kappa shape index (κ3) is 3.14. The number of hydrogen-bond donors (Lipinski definition) is 0. The van der Waals surface area contributed by atoms with Crippen molar-refractivity contribution in [2.75, 3.05) is 13.6 Å². The fourth-order valence-corrected chi connectivity index (χ4v) is 7.45. The molecule has 4 atom stereocenters. The minimum absolute atomic E-state index is 0.231. The predicted molar refractivity (Wildman–Crippen MR) is 117 cm³/mol. The molecule has 29 heavy (non-hydrogen) atoms. The van der Waals surface area contributed by atoms with Crippen LogP contribution in [0.25, 0.3) is 0 Å².